The number of nitrogens with one attached hydrogen (secondary N) is 1. The summed E-state index contributed by atoms with van der Waals surface area (Å²) in [6.45, 7) is 1.85. The first-order chi connectivity index (χ1) is 10.8. The molecule has 0 aliphatic heterocycles. The molecule has 0 heterocycles. The molecule has 0 radical (unpaired) electrons. The molecule has 0 amide bonds. The molecule has 1 aromatic rings. The van der Waals surface area contributed by atoms with Crippen LogP contribution in [-0.2, 0) is 0 Å². The van der Waals surface area contributed by atoms with Gasteiger partial charge in [-0.3, -0.25) is 0 Å². The van der Waals surface area contributed by atoms with E-state index in [2.05, 4.69) is 16.2 Å². The van der Waals surface area contributed by atoms with Crippen LogP contribution in [0, 0.1) is 31.0 Å². The lowest BCUT2D eigenvalue weighted by molar-refractivity contribution is -0.105. The van der Waals surface area contributed by atoms with Crippen LogP contribution in [0.1, 0.15) is 18.4 Å². The Morgan fingerprint density at radius 2 is 2.13 bits per heavy atom. The van der Waals surface area contributed by atoms with E-state index in [9.17, 15) is 17.6 Å². The average molecular weight is 344 g/mol. The van der Waals surface area contributed by atoms with Crippen molar-refractivity contribution in [2.24, 2.45) is 10.9 Å². The number of hydrogen-bond acceptors (Lipinski definition) is 2. The van der Waals surface area contributed by atoms with Crippen molar-refractivity contribution in [2.75, 3.05) is 12.3 Å². The van der Waals surface area contributed by atoms with E-state index in [0.717, 1.165) is 12.8 Å². The summed E-state index contributed by atoms with van der Waals surface area (Å²) in [7, 11) is 0. The molecule has 0 spiro atoms. The predicted molar refractivity (Wildman–Crippen MR) is 84.6 cm³/mol. The van der Waals surface area contributed by atoms with Crippen LogP contribution in [0.5, 0.6) is 0 Å². The van der Waals surface area contributed by atoms with Gasteiger partial charge in [-0.25, -0.2) is 9.38 Å². The molecule has 1 aliphatic carbocycles. The summed E-state index contributed by atoms with van der Waals surface area (Å²) in [5.74, 6) is 1.66. The number of nitrogens with zero attached hydrogens (tertiary/aromatic N) is 1. The molecule has 0 unspecified atom stereocenters. The van der Waals surface area contributed by atoms with Crippen molar-refractivity contribution in [1.82, 2.24) is 5.32 Å². The first-order valence-electron chi connectivity index (χ1n) is 7.06. The van der Waals surface area contributed by atoms with Crippen LogP contribution < -0.4 is 5.32 Å². The number of rotatable bonds is 5. The summed E-state index contributed by atoms with van der Waals surface area (Å²) in [6, 6.07) is 2.57. The number of aryl methyl sites for hydroxylation is 1. The van der Waals surface area contributed by atoms with Gasteiger partial charge in [-0.15, -0.1) is 18.2 Å². The maximum atomic E-state index is 14.1. The Hall–Kier alpha value is -1.68. The zero-order valence-electron chi connectivity index (χ0n) is 12.5. The first kappa shape index (κ1) is 17.7. The fourth-order valence-electron chi connectivity index (χ4n) is 1.95. The molecule has 0 aromatic heterocycles. The minimum atomic E-state index is -4.28. The number of alkyl halides is 3. The monoisotopic (exact) mass is 344 g/mol. The largest absolute Gasteiger partial charge is 0.398 e. The van der Waals surface area contributed by atoms with Gasteiger partial charge in [0.05, 0.1) is 12.3 Å². The van der Waals surface area contributed by atoms with Gasteiger partial charge in [0.15, 0.2) is 0 Å². The van der Waals surface area contributed by atoms with E-state index in [1.54, 1.807) is 6.92 Å². The van der Waals surface area contributed by atoms with Gasteiger partial charge in [0.25, 0.3) is 0 Å². The summed E-state index contributed by atoms with van der Waals surface area (Å²) in [6.07, 6.45) is 2.81. The number of amidine groups is 1. The first-order valence-corrected chi connectivity index (χ1v) is 8.04. The zero-order chi connectivity index (χ0) is 17.0. The smallest absolute Gasteiger partial charge is 0.362 e. The second kappa shape index (κ2) is 7.26. The van der Waals surface area contributed by atoms with Gasteiger partial charge in [0.2, 0.25) is 0 Å². The lowest BCUT2D eigenvalue weighted by Gasteiger charge is -2.11. The Balaban J connectivity index is 2.25. The second-order valence-electron chi connectivity index (χ2n) is 5.30. The fourth-order valence-corrected chi connectivity index (χ4v) is 2.75. The molecule has 0 saturated heterocycles. The Morgan fingerprint density at radius 3 is 2.70 bits per heavy atom. The molecule has 1 saturated carbocycles. The van der Waals surface area contributed by atoms with Gasteiger partial charge in [-0.1, -0.05) is 5.92 Å². The van der Waals surface area contributed by atoms with E-state index in [-0.39, 0.29) is 18.2 Å². The maximum absolute atomic E-state index is 14.1. The number of benzene rings is 1. The number of aliphatic imine (C=N–C) groups is 1. The molecule has 2 nitrogen and oxygen atoms in total. The molecule has 1 aliphatic rings. The molecule has 0 bridgehead atoms. The third-order valence-corrected chi connectivity index (χ3v) is 4.43. The van der Waals surface area contributed by atoms with Crippen LogP contribution in [-0.4, -0.2) is 24.3 Å². The van der Waals surface area contributed by atoms with Gasteiger partial charge in [-0.2, -0.15) is 13.2 Å². The standard InChI is InChI=1S/C16H16F4N2S/c1-3-6-21-15(11-4-5-11)22-13-8-14(10(2)7-12(13)17)23-9-16(18,19)20/h1,7-8,11H,4-6,9H2,2H3,(H,21,22). The van der Waals surface area contributed by atoms with Gasteiger partial charge in [0, 0.05) is 10.8 Å². The highest BCUT2D eigenvalue weighted by Crippen LogP contribution is 2.35. The summed E-state index contributed by atoms with van der Waals surface area (Å²) < 4.78 is 51.2. The molecule has 124 valence electrons. The van der Waals surface area contributed by atoms with Gasteiger partial charge in [0.1, 0.15) is 17.3 Å². The van der Waals surface area contributed by atoms with E-state index in [0.29, 0.717) is 28.1 Å². The normalized spacial score (nSPS) is 15.4. The minimum Gasteiger partial charge on any atom is -0.362 e. The van der Waals surface area contributed by atoms with Crippen LogP contribution in [0.25, 0.3) is 0 Å². The topological polar surface area (TPSA) is 24.4 Å². The molecule has 23 heavy (non-hydrogen) atoms. The van der Waals surface area contributed by atoms with Crippen molar-refractivity contribution in [1.29, 1.82) is 0 Å². The second-order valence-corrected chi connectivity index (χ2v) is 6.32. The molecular weight excluding hydrogens is 328 g/mol. The molecule has 1 fully saturated rings. The summed E-state index contributed by atoms with van der Waals surface area (Å²) in [4.78, 5) is 4.61. The summed E-state index contributed by atoms with van der Waals surface area (Å²) in [5, 5.41) is 2.96. The van der Waals surface area contributed by atoms with Crippen LogP contribution >= 0.6 is 11.8 Å². The highest BCUT2D eigenvalue weighted by atomic mass is 32.2. The maximum Gasteiger partial charge on any atom is 0.398 e. The minimum absolute atomic E-state index is 0.0340. The van der Waals surface area contributed by atoms with E-state index >= 15 is 0 Å². The van der Waals surface area contributed by atoms with E-state index in [1.165, 1.54) is 12.1 Å². The fraction of sp³-hybridized carbons (Fsp3) is 0.438. The van der Waals surface area contributed by atoms with Crippen molar-refractivity contribution in [3.05, 3.63) is 23.5 Å². The van der Waals surface area contributed by atoms with Crippen LogP contribution in [0.4, 0.5) is 23.2 Å². The highest BCUT2D eigenvalue weighted by molar-refractivity contribution is 7.99. The number of terminal acetylenes is 1. The Labute approximate surface area is 136 Å². The Morgan fingerprint density at radius 1 is 1.43 bits per heavy atom. The van der Waals surface area contributed by atoms with Crippen molar-refractivity contribution in [2.45, 2.75) is 30.8 Å². The predicted octanol–water partition coefficient (Wildman–Crippen LogP) is 4.45. The quantitative estimate of drug-likeness (QED) is 0.281. The van der Waals surface area contributed by atoms with Crippen LogP contribution in [0.3, 0.4) is 0 Å². The van der Waals surface area contributed by atoms with E-state index < -0.39 is 17.7 Å². The van der Waals surface area contributed by atoms with Crippen molar-refractivity contribution < 1.29 is 17.6 Å². The third-order valence-electron chi connectivity index (χ3n) is 3.21. The van der Waals surface area contributed by atoms with Crippen molar-refractivity contribution in [3.63, 3.8) is 0 Å². The molecule has 1 aromatic carbocycles. The van der Waals surface area contributed by atoms with E-state index in [4.69, 9.17) is 6.42 Å². The van der Waals surface area contributed by atoms with Crippen molar-refractivity contribution in [3.8, 4) is 12.3 Å². The third kappa shape index (κ3) is 5.47. The molecule has 0 atom stereocenters. The summed E-state index contributed by atoms with van der Waals surface area (Å²) in [5.41, 5.74) is 0.493. The Kier molecular flexibility index (Phi) is 5.58. The van der Waals surface area contributed by atoms with Gasteiger partial charge in [-0.05, 0) is 37.5 Å². The number of hydrogen-bond donors (Lipinski definition) is 1. The highest BCUT2D eigenvalue weighted by Gasteiger charge is 2.29. The lowest BCUT2D eigenvalue weighted by atomic mass is 10.2. The molecular formula is C16H16F4N2S. The van der Waals surface area contributed by atoms with Crippen molar-refractivity contribution >= 4 is 23.3 Å². The molecule has 1 N–H and O–H groups in total. The summed E-state index contributed by atoms with van der Waals surface area (Å²) >= 11 is 0.632. The van der Waals surface area contributed by atoms with Crippen LogP contribution in [0.15, 0.2) is 22.0 Å². The number of thioether (sulfide) groups is 1. The Bertz CT molecular complexity index is 643. The van der Waals surface area contributed by atoms with E-state index in [1.807, 2.05) is 0 Å². The lowest BCUT2D eigenvalue weighted by Crippen LogP contribution is -2.25. The SMILES string of the molecule is C#CCN/C(=N\c1cc(SCC(F)(F)F)c(C)cc1F)C1CC1. The zero-order valence-corrected chi connectivity index (χ0v) is 13.3. The van der Waals surface area contributed by atoms with Crippen LogP contribution in [0.2, 0.25) is 0 Å². The van der Waals surface area contributed by atoms with Gasteiger partial charge >= 0.3 is 6.18 Å². The number of halogens is 4. The average Bonchev–Trinajstić information content (AvgIpc) is 3.28. The van der Waals surface area contributed by atoms with Gasteiger partial charge < -0.3 is 5.32 Å². The molecule has 7 heteroatoms. The molecule has 2 rings (SSSR count).